The van der Waals surface area contributed by atoms with Gasteiger partial charge in [-0.05, 0) is 25.7 Å². The van der Waals surface area contributed by atoms with Crippen LogP contribution in [0.3, 0.4) is 0 Å². The highest BCUT2D eigenvalue weighted by atomic mass is 16.2. The van der Waals surface area contributed by atoms with Crippen molar-refractivity contribution in [3.63, 3.8) is 0 Å². The molecule has 19 heavy (non-hydrogen) atoms. The molecule has 0 spiro atoms. The molecule has 0 unspecified atom stereocenters. The fourth-order valence-corrected chi connectivity index (χ4v) is 3.35. The van der Waals surface area contributed by atoms with Crippen molar-refractivity contribution in [3.05, 3.63) is 17.5 Å². The van der Waals surface area contributed by atoms with Crippen molar-refractivity contribution in [1.82, 2.24) is 20.0 Å². The summed E-state index contributed by atoms with van der Waals surface area (Å²) in [4.78, 5) is 14.7. The quantitative estimate of drug-likeness (QED) is 0.885. The minimum atomic E-state index is 0.163. The fourth-order valence-electron chi connectivity index (χ4n) is 3.35. The van der Waals surface area contributed by atoms with E-state index in [0.29, 0.717) is 12.0 Å². The number of fused-ring (bicyclic) bond motifs is 1. The zero-order valence-electron chi connectivity index (χ0n) is 11.7. The molecule has 2 aliphatic rings. The van der Waals surface area contributed by atoms with E-state index in [-0.39, 0.29) is 5.91 Å². The highest BCUT2D eigenvalue weighted by molar-refractivity contribution is 5.95. The maximum atomic E-state index is 12.7. The van der Waals surface area contributed by atoms with Gasteiger partial charge >= 0.3 is 0 Å². The molecule has 0 radical (unpaired) electrons. The van der Waals surface area contributed by atoms with Crippen molar-refractivity contribution in [1.29, 1.82) is 0 Å². The van der Waals surface area contributed by atoms with Gasteiger partial charge in [-0.3, -0.25) is 9.48 Å². The van der Waals surface area contributed by atoms with Crippen LogP contribution in [0.4, 0.5) is 0 Å². The Morgan fingerprint density at radius 2 is 2.37 bits per heavy atom. The highest BCUT2D eigenvalue weighted by Crippen LogP contribution is 2.29. The summed E-state index contributed by atoms with van der Waals surface area (Å²) in [5.74, 6) is 0.811. The van der Waals surface area contributed by atoms with Gasteiger partial charge in [0.2, 0.25) is 0 Å². The third-order valence-corrected chi connectivity index (χ3v) is 4.48. The number of likely N-dealkylation sites (tertiary alicyclic amines) is 1. The molecule has 1 aromatic rings. The second kappa shape index (κ2) is 4.96. The molecule has 0 bridgehead atoms. The molecule has 0 aliphatic carbocycles. The number of rotatable bonds is 3. The molecule has 5 heteroatoms. The first-order valence-corrected chi connectivity index (χ1v) is 7.26. The molecule has 0 saturated carbocycles. The van der Waals surface area contributed by atoms with Crippen LogP contribution >= 0.6 is 0 Å². The summed E-state index contributed by atoms with van der Waals surface area (Å²) in [5, 5.41) is 7.72. The smallest absolute Gasteiger partial charge is 0.257 e. The lowest BCUT2D eigenvalue weighted by Crippen LogP contribution is -2.39. The summed E-state index contributed by atoms with van der Waals surface area (Å²) in [7, 11) is 0. The van der Waals surface area contributed by atoms with Gasteiger partial charge in [0.15, 0.2) is 0 Å². The predicted molar refractivity (Wildman–Crippen MR) is 73.1 cm³/mol. The van der Waals surface area contributed by atoms with Crippen molar-refractivity contribution in [2.24, 2.45) is 5.92 Å². The molecular formula is C14H22N4O. The van der Waals surface area contributed by atoms with E-state index in [4.69, 9.17) is 0 Å². The van der Waals surface area contributed by atoms with E-state index in [1.165, 1.54) is 0 Å². The van der Waals surface area contributed by atoms with Crippen LogP contribution in [0.15, 0.2) is 6.20 Å². The van der Waals surface area contributed by atoms with Crippen molar-refractivity contribution < 1.29 is 4.79 Å². The second-order valence-electron chi connectivity index (χ2n) is 5.64. The minimum Gasteiger partial charge on any atom is -0.334 e. The van der Waals surface area contributed by atoms with Gasteiger partial charge in [0.1, 0.15) is 0 Å². The Hall–Kier alpha value is -1.36. The molecule has 1 amide bonds. The second-order valence-corrected chi connectivity index (χ2v) is 5.64. The molecule has 0 aromatic carbocycles. The highest BCUT2D eigenvalue weighted by Gasteiger charge is 2.40. The summed E-state index contributed by atoms with van der Waals surface area (Å²) in [5.41, 5.74) is 1.78. The molecule has 1 N–H and O–H groups in total. The van der Waals surface area contributed by atoms with Crippen LogP contribution in [0.25, 0.3) is 0 Å². The molecular weight excluding hydrogens is 240 g/mol. The standard InChI is InChI=1S/C14H22N4O/c1-3-5-18-10(2)12(8-16-18)14(19)17-6-4-11-7-15-9-13(11)17/h8,11,13,15H,3-7,9H2,1-2H3/t11-,13+/m1/s1. The Kier molecular flexibility index (Phi) is 3.31. The van der Waals surface area contributed by atoms with E-state index in [9.17, 15) is 4.79 Å². The van der Waals surface area contributed by atoms with Crippen molar-refractivity contribution >= 4 is 5.91 Å². The van der Waals surface area contributed by atoms with Gasteiger partial charge in [-0.2, -0.15) is 5.10 Å². The Labute approximate surface area is 114 Å². The molecule has 1 aromatic heterocycles. The zero-order chi connectivity index (χ0) is 13.4. The number of amides is 1. The number of nitrogens with zero attached hydrogens (tertiary/aromatic N) is 3. The molecule has 2 atom stereocenters. The van der Waals surface area contributed by atoms with Crippen LogP contribution in [-0.2, 0) is 6.54 Å². The van der Waals surface area contributed by atoms with Gasteiger partial charge in [-0.15, -0.1) is 0 Å². The van der Waals surface area contributed by atoms with Crippen molar-refractivity contribution in [2.75, 3.05) is 19.6 Å². The Balaban J connectivity index is 1.80. The molecule has 2 aliphatic heterocycles. The van der Waals surface area contributed by atoms with Gasteiger partial charge < -0.3 is 10.2 Å². The van der Waals surface area contributed by atoms with Gasteiger partial charge in [0.25, 0.3) is 5.91 Å². The Morgan fingerprint density at radius 3 is 3.16 bits per heavy atom. The van der Waals surface area contributed by atoms with E-state index in [0.717, 1.165) is 50.3 Å². The van der Waals surface area contributed by atoms with E-state index in [2.05, 4.69) is 17.3 Å². The lowest BCUT2D eigenvalue weighted by molar-refractivity contribution is 0.0736. The van der Waals surface area contributed by atoms with Crippen LogP contribution < -0.4 is 5.32 Å². The number of hydrogen-bond acceptors (Lipinski definition) is 3. The third-order valence-electron chi connectivity index (χ3n) is 4.48. The molecule has 2 saturated heterocycles. The van der Waals surface area contributed by atoms with Gasteiger partial charge in [0.05, 0.1) is 11.8 Å². The largest absolute Gasteiger partial charge is 0.334 e. The minimum absolute atomic E-state index is 0.163. The molecule has 2 fully saturated rings. The Bertz CT molecular complexity index is 482. The molecule has 104 valence electrons. The topological polar surface area (TPSA) is 50.2 Å². The molecule has 5 nitrogen and oxygen atoms in total. The Morgan fingerprint density at radius 1 is 1.53 bits per heavy atom. The van der Waals surface area contributed by atoms with Crippen LogP contribution in [-0.4, -0.2) is 46.3 Å². The van der Waals surface area contributed by atoms with E-state index < -0.39 is 0 Å². The first-order valence-electron chi connectivity index (χ1n) is 7.26. The first kappa shape index (κ1) is 12.7. The number of carbonyl (C=O) groups is 1. The van der Waals surface area contributed by atoms with E-state index >= 15 is 0 Å². The van der Waals surface area contributed by atoms with Crippen LogP contribution in [0.2, 0.25) is 0 Å². The average molecular weight is 262 g/mol. The zero-order valence-corrected chi connectivity index (χ0v) is 11.7. The summed E-state index contributed by atoms with van der Waals surface area (Å²) in [6.45, 7) is 7.90. The number of hydrogen-bond donors (Lipinski definition) is 1. The van der Waals surface area contributed by atoms with Crippen molar-refractivity contribution in [2.45, 2.75) is 39.3 Å². The number of aromatic nitrogens is 2. The third kappa shape index (κ3) is 2.06. The van der Waals surface area contributed by atoms with E-state index in [1.54, 1.807) is 6.20 Å². The van der Waals surface area contributed by atoms with Crippen LogP contribution in [0, 0.1) is 12.8 Å². The fraction of sp³-hybridized carbons (Fsp3) is 0.714. The summed E-state index contributed by atoms with van der Waals surface area (Å²) >= 11 is 0. The van der Waals surface area contributed by atoms with E-state index in [1.807, 2.05) is 16.5 Å². The monoisotopic (exact) mass is 262 g/mol. The average Bonchev–Trinajstić information content (AvgIpc) is 3.05. The SMILES string of the molecule is CCCn1ncc(C(=O)N2CC[C@@H]3CNC[C@@H]32)c1C. The molecule has 3 rings (SSSR count). The predicted octanol–water partition coefficient (Wildman–Crippen LogP) is 1.04. The number of nitrogens with one attached hydrogen (secondary N) is 1. The van der Waals surface area contributed by atoms with Crippen LogP contribution in [0.5, 0.6) is 0 Å². The maximum Gasteiger partial charge on any atom is 0.257 e. The summed E-state index contributed by atoms with van der Waals surface area (Å²) in [6, 6.07) is 0.390. The van der Waals surface area contributed by atoms with Gasteiger partial charge in [-0.1, -0.05) is 6.92 Å². The van der Waals surface area contributed by atoms with Crippen LogP contribution in [0.1, 0.15) is 35.8 Å². The summed E-state index contributed by atoms with van der Waals surface area (Å²) < 4.78 is 1.94. The maximum absolute atomic E-state index is 12.7. The first-order chi connectivity index (χ1) is 9.22. The lowest BCUT2D eigenvalue weighted by atomic mass is 10.0. The normalized spacial score (nSPS) is 25.9. The molecule has 3 heterocycles. The number of carbonyl (C=O) groups excluding carboxylic acids is 1. The lowest BCUT2D eigenvalue weighted by Gasteiger charge is -2.23. The van der Waals surface area contributed by atoms with Gasteiger partial charge in [-0.25, -0.2) is 0 Å². The summed E-state index contributed by atoms with van der Waals surface area (Å²) in [6.07, 6.45) is 3.91. The van der Waals surface area contributed by atoms with Crippen molar-refractivity contribution in [3.8, 4) is 0 Å². The van der Waals surface area contributed by atoms with Gasteiger partial charge in [0, 0.05) is 37.9 Å². The number of aryl methyl sites for hydroxylation is 1.